The van der Waals surface area contributed by atoms with Crippen LogP contribution in [0.1, 0.15) is 43.0 Å². The van der Waals surface area contributed by atoms with Gasteiger partial charge < -0.3 is 19.5 Å². The summed E-state index contributed by atoms with van der Waals surface area (Å²) in [6.07, 6.45) is 0.571. The maximum atomic E-state index is 13.5. The number of nitrogens with zero attached hydrogens (tertiary/aromatic N) is 1. The molecule has 2 aromatic rings. The fourth-order valence-electron chi connectivity index (χ4n) is 3.84. The summed E-state index contributed by atoms with van der Waals surface area (Å²) in [7, 11) is 1.55. The standard InChI is InChI=1S/C25H28FNO5/c1-15(2)32-13-5-12-27-22(17-6-9-19(26)10-7-17)21(24(29)25(27)30)23(28)18-8-11-20(31-4)16(3)14-18/h6-11,14-15,22,28H,5,12-13H2,1-4H3/b23-21-. The maximum absolute atomic E-state index is 13.5. The van der Waals surface area contributed by atoms with E-state index in [0.29, 0.717) is 29.9 Å². The summed E-state index contributed by atoms with van der Waals surface area (Å²) in [5.74, 6) is -1.53. The van der Waals surface area contributed by atoms with Crippen molar-refractivity contribution in [1.29, 1.82) is 0 Å². The average molecular weight is 441 g/mol. The first-order valence-electron chi connectivity index (χ1n) is 10.5. The van der Waals surface area contributed by atoms with Crippen LogP contribution in [-0.2, 0) is 14.3 Å². The molecule has 0 saturated carbocycles. The highest BCUT2D eigenvalue weighted by Gasteiger charge is 2.45. The van der Waals surface area contributed by atoms with Crippen molar-refractivity contribution in [2.45, 2.75) is 39.3 Å². The summed E-state index contributed by atoms with van der Waals surface area (Å²) in [5.41, 5.74) is 1.70. The molecule has 2 aromatic carbocycles. The van der Waals surface area contributed by atoms with Gasteiger partial charge in [-0.15, -0.1) is 0 Å². The van der Waals surface area contributed by atoms with Crippen LogP contribution in [-0.4, -0.2) is 48.1 Å². The van der Waals surface area contributed by atoms with Crippen LogP contribution in [0.5, 0.6) is 5.75 Å². The number of likely N-dealkylation sites (tertiary alicyclic amines) is 1. The second kappa shape index (κ2) is 9.96. The average Bonchev–Trinajstić information content (AvgIpc) is 3.01. The summed E-state index contributed by atoms with van der Waals surface area (Å²) in [6.45, 7) is 6.34. The van der Waals surface area contributed by atoms with Crippen LogP contribution in [0.15, 0.2) is 48.0 Å². The third-order valence-electron chi connectivity index (χ3n) is 5.39. The predicted octanol–water partition coefficient (Wildman–Crippen LogP) is 4.38. The molecule has 1 fully saturated rings. The highest BCUT2D eigenvalue weighted by molar-refractivity contribution is 6.46. The summed E-state index contributed by atoms with van der Waals surface area (Å²) >= 11 is 0. The van der Waals surface area contributed by atoms with Gasteiger partial charge in [0.15, 0.2) is 0 Å². The number of aliphatic hydroxyl groups excluding tert-OH is 1. The van der Waals surface area contributed by atoms with Gasteiger partial charge in [0.2, 0.25) is 0 Å². The molecule has 1 aliphatic heterocycles. The molecule has 0 radical (unpaired) electrons. The Morgan fingerprint density at radius 2 is 1.84 bits per heavy atom. The van der Waals surface area contributed by atoms with Crippen molar-refractivity contribution in [1.82, 2.24) is 4.90 Å². The lowest BCUT2D eigenvalue weighted by Gasteiger charge is -2.25. The van der Waals surface area contributed by atoms with Crippen LogP contribution >= 0.6 is 0 Å². The minimum atomic E-state index is -0.822. The number of halogens is 1. The van der Waals surface area contributed by atoms with Crippen molar-refractivity contribution in [2.24, 2.45) is 0 Å². The Balaban J connectivity index is 2.04. The SMILES string of the molecule is COc1ccc(/C(O)=C2/C(=O)C(=O)N(CCCOC(C)C)C2c2ccc(F)cc2)cc1C. The van der Waals surface area contributed by atoms with E-state index in [1.165, 1.54) is 29.2 Å². The Labute approximate surface area is 187 Å². The summed E-state index contributed by atoms with van der Waals surface area (Å²) < 4.78 is 24.4. The summed E-state index contributed by atoms with van der Waals surface area (Å²) in [5, 5.41) is 11.1. The number of hydrogen-bond donors (Lipinski definition) is 1. The molecule has 0 spiro atoms. The topological polar surface area (TPSA) is 76.1 Å². The second-order valence-electron chi connectivity index (χ2n) is 8.00. The lowest BCUT2D eigenvalue weighted by molar-refractivity contribution is -0.140. The lowest BCUT2D eigenvalue weighted by Crippen LogP contribution is -2.31. The van der Waals surface area contributed by atoms with Crippen LogP contribution in [0.3, 0.4) is 0 Å². The molecule has 1 atom stereocenters. The molecular formula is C25H28FNO5. The van der Waals surface area contributed by atoms with Crippen molar-refractivity contribution in [3.8, 4) is 5.75 Å². The number of aliphatic hydroxyl groups is 1. The molecule has 7 heteroatoms. The highest BCUT2D eigenvalue weighted by atomic mass is 19.1. The zero-order valence-corrected chi connectivity index (χ0v) is 18.7. The molecule has 1 N–H and O–H groups in total. The molecule has 1 unspecified atom stereocenters. The van der Waals surface area contributed by atoms with Gasteiger partial charge in [0, 0.05) is 18.7 Å². The predicted molar refractivity (Wildman–Crippen MR) is 119 cm³/mol. The minimum absolute atomic E-state index is 0.0176. The molecule has 1 amide bonds. The van der Waals surface area contributed by atoms with Crippen LogP contribution in [0.2, 0.25) is 0 Å². The van der Waals surface area contributed by atoms with Gasteiger partial charge in [-0.25, -0.2) is 4.39 Å². The maximum Gasteiger partial charge on any atom is 0.295 e. The van der Waals surface area contributed by atoms with Crippen molar-refractivity contribution in [2.75, 3.05) is 20.3 Å². The van der Waals surface area contributed by atoms with Crippen LogP contribution < -0.4 is 4.74 Å². The lowest BCUT2D eigenvalue weighted by atomic mass is 9.94. The number of carbonyl (C=O) groups excluding carboxylic acids is 2. The van der Waals surface area contributed by atoms with E-state index in [1.807, 2.05) is 20.8 Å². The molecule has 0 bridgehead atoms. The Morgan fingerprint density at radius 1 is 1.16 bits per heavy atom. The molecule has 3 rings (SSSR count). The smallest absolute Gasteiger partial charge is 0.295 e. The molecule has 0 aromatic heterocycles. The monoisotopic (exact) mass is 441 g/mol. The van der Waals surface area contributed by atoms with Crippen LogP contribution in [0, 0.1) is 12.7 Å². The number of ether oxygens (including phenoxy) is 2. The van der Waals surface area contributed by atoms with E-state index in [9.17, 15) is 19.1 Å². The Kier molecular flexibility index (Phi) is 7.30. The van der Waals surface area contributed by atoms with E-state index in [-0.39, 0.29) is 24.0 Å². The van der Waals surface area contributed by atoms with Crippen molar-refractivity contribution in [3.05, 3.63) is 70.5 Å². The normalized spacial score (nSPS) is 17.9. The van der Waals surface area contributed by atoms with Gasteiger partial charge in [-0.05, 0) is 68.7 Å². The summed E-state index contributed by atoms with van der Waals surface area (Å²) in [6, 6.07) is 9.79. The fraction of sp³-hybridized carbons (Fsp3) is 0.360. The zero-order chi connectivity index (χ0) is 23.4. The van der Waals surface area contributed by atoms with Gasteiger partial charge >= 0.3 is 0 Å². The molecule has 1 saturated heterocycles. The molecular weight excluding hydrogens is 413 g/mol. The number of carbonyl (C=O) groups is 2. The number of Topliss-reactive ketones (excluding diaryl/α,β-unsaturated/α-hetero) is 1. The molecule has 6 nitrogen and oxygen atoms in total. The Bertz CT molecular complexity index is 1030. The first-order valence-corrected chi connectivity index (χ1v) is 10.5. The molecule has 32 heavy (non-hydrogen) atoms. The van der Waals surface area contributed by atoms with Crippen LogP contribution in [0.4, 0.5) is 4.39 Å². The number of aryl methyl sites for hydroxylation is 1. The van der Waals surface area contributed by atoms with E-state index in [2.05, 4.69) is 0 Å². The quantitative estimate of drug-likeness (QED) is 0.285. The largest absolute Gasteiger partial charge is 0.507 e. The number of amides is 1. The van der Waals surface area contributed by atoms with Gasteiger partial charge in [-0.3, -0.25) is 9.59 Å². The van der Waals surface area contributed by atoms with Gasteiger partial charge in [0.05, 0.1) is 24.8 Å². The van der Waals surface area contributed by atoms with Gasteiger partial charge in [0.1, 0.15) is 17.3 Å². The van der Waals surface area contributed by atoms with Crippen molar-refractivity contribution in [3.63, 3.8) is 0 Å². The molecule has 0 aliphatic carbocycles. The van der Waals surface area contributed by atoms with E-state index in [4.69, 9.17) is 9.47 Å². The number of benzene rings is 2. The number of methoxy groups -OCH3 is 1. The number of ketones is 1. The van der Waals surface area contributed by atoms with Gasteiger partial charge in [-0.1, -0.05) is 12.1 Å². The van der Waals surface area contributed by atoms with Gasteiger partial charge in [0.25, 0.3) is 11.7 Å². The van der Waals surface area contributed by atoms with Gasteiger partial charge in [-0.2, -0.15) is 0 Å². The molecule has 1 aliphatic rings. The minimum Gasteiger partial charge on any atom is -0.507 e. The van der Waals surface area contributed by atoms with E-state index in [0.717, 1.165) is 5.56 Å². The molecule has 170 valence electrons. The Hall–Kier alpha value is -3.19. The van der Waals surface area contributed by atoms with E-state index >= 15 is 0 Å². The van der Waals surface area contributed by atoms with E-state index < -0.39 is 23.5 Å². The van der Waals surface area contributed by atoms with Crippen LogP contribution in [0.25, 0.3) is 5.76 Å². The number of hydrogen-bond acceptors (Lipinski definition) is 5. The van der Waals surface area contributed by atoms with Crippen molar-refractivity contribution >= 4 is 17.4 Å². The highest BCUT2D eigenvalue weighted by Crippen LogP contribution is 2.40. The first kappa shape index (κ1) is 23.5. The summed E-state index contributed by atoms with van der Waals surface area (Å²) in [4.78, 5) is 27.3. The molecule has 1 heterocycles. The third-order valence-corrected chi connectivity index (χ3v) is 5.39. The first-order chi connectivity index (χ1) is 15.2. The van der Waals surface area contributed by atoms with E-state index in [1.54, 1.807) is 25.3 Å². The van der Waals surface area contributed by atoms with Crippen molar-refractivity contribution < 1.29 is 28.6 Å². The third kappa shape index (κ3) is 4.83. The number of rotatable bonds is 8. The zero-order valence-electron chi connectivity index (χ0n) is 18.7. The second-order valence-corrected chi connectivity index (χ2v) is 8.00. The Morgan fingerprint density at radius 3 is 2.44 bits per heavy atom. The fourth-order valence-corrected chi connectivity index (χ4v) is 3.84.